The summed E-state index contributed by atoms with van der Waals surface area (Å²) in [6, 6.07) is 11.6. The highest BCUT2D eigenvalue weighted by Crippen LogP contribution is 2.29. The molecular formula is C17H19NO2. The average Bonchev–Trinajstić information content (AvgIpc) is 3.22. The number of pyridine rings is 1. The molecule has 0 spiro atoms. The van der Waals surface area contributed by atoms with Crippen molar-refractivity contribution >= 4 is 0 Å². The van der Waals surface area contributed by atoms with E-state index in [1.807, 2.05) is 50.2 Å². The minimum Gasteiger partial charge on any atom is -0.490 e. The molecule has 1 atom stereocenters. The van der Waals surface area contributed by atoms with E-state index in [1.165, 1.54) is 0 Å². The number of aryl methyl sites for hydroxylation is 2. The Morgan fingerprint density at radius 2 is 1.65 bits per heavy atom. The summed E-state index contributed by atoms with van der Waals surface area (Å²) in [5, 5.41) is 10.5. The molecule has 20 heavy (non-hydrogen) atoms. The van der Waals surface area contributed by atoms with Crippen LogP contribution in [-0.2, 0) is 0 Å². The second-order valence-corrected chi connectivity index (χ2v) is 5.47. The smallest absolute Gasteiger partial charge is 0.119 e. The second-order valence-electron chi connectivity index (χ2n) is 5.47. The number of hydrogen-bond donors (Lipinski definition) is 1. The summed E-state index contributed by atoms with van der Waals surface area (Å²) < 4.78 is 5.71. The van der Waals surface area contributed by atoms with E-state index in [0.29, 0.717) is 6.10 Å². The summed E-state index contributed by atoms with van der Waals surface area (Å²) >= 11 is 0. The molecule has 1 saturated carbocycles. The van der Waals surface area contributed by atoms with Gasteiger partial charge >= 0.3 is 0 Å². The Hall–Kier alpha value is -1.87. The first-order chi connectivity index (χ1) is 9.61. The summed E-state index contributed by atoms with van der Waals surface area (Å²) in [5.74, 6) is 0.880. The Morgan fingerprint density at radius 3 is 2.20 bits per heavy atom. The highest BCUT2D eigenvalue weighted by Gasteiger charge is 2.23. The molecule has 1 aromatic heterocycles. The number of aromatic nitrogens is 1. The number of aliphatic hydroxyl groups excluding tert-OH is 1. The molecule has 1 N–H and O–H groups in total. The van der Waals surface area contributed by atoms with E-state index in [1.54, 1.807) is 0 Å². The molecular weight excluding hydrogens is 250 g/mol. The van der Waals surface area contributed by atoms with Crippen LogP contribution in [0.25, 0.3) is 0 Å². The van der Waals surface area contributed by atoms with E-state index in [0.717, 1.165) is 41.1 Å². The highest BCUT2D eigenvalue weighted by atomic mass is 16.5. The van der Waals surface area contributed by atoms with E-state index < -0.39 is 6.10 Å². The third-order valence-corrected chi connectivity index (χ3v) is 3.44. The zero-order chi connectivity index (χ0) is 14.1. The predicted octanol–water partition coefficient (Wildman–Crippen LogP) is 3.32. The molecule has 0 amide bonds. The minimum atomic E-state index is -0.620. The topological polar surface area (TPSA) is 42.4 Å². The molecule has 3 rings (SSSR count). The maximum atomic E-state index is 10.5. The van der Waals surface area contributed by atoms with Crippen LogP contribution in [0.4, 0.5) is 0 Å². The van der Waals surface area contributed by atoms with Crippen molar-refractivity contribution < 1.29 is 9.84 Å². The van der Waals surface area contributed by atoms with Gasteiger partial charge in [0.15, 0.2) is 0 Å². The van der Waals surface area contributed by atoms with Crippen molar-refractivity contribution in [3.05, 3.63) is 58.9 Å². The van der Waals surface area contributed by atoms with Gasteiger partial charge in [-0.25, -0.2) is 0 Å². The van der Waals surface area contributed by atoms with Gasteiger partial charge in [0, 0.05) is 11.4 Å². The van der Waals surface area contributed by atoms with Crippen molar-refractivity contribution in [2.24, 2.45) is 0 Å². The molecule has 1 aliphatic rings. The number of rotatable bonds is 4. The number of nitrogens with zero attached hydrogens (tertiary/aromatic N) is 1. The van der Waals surface area contributed by atoms with Crippen LogP contribution in [0.2, 0.25) is 0 Å². The lowest BCUT2D eigenvalue weighted by Gasteiger charge is -2.13. The lowest BCUT2D eigenvalue weighted by Crippen LogP contribution is -2.02. The van der Waals surface area contributed by atoms with Crippen molar-refractivity contribution in [2.75, 3.05) is 0 Å². The first kappa shape index (κ1) is 13.1. The van der Waals surface area contributed by atoms with Crippen LogP contribution in [0.1, 0.15) is 41.5 Å². The van der Waals surface area contributed by atoms with E-state index >= 15 is 0 Å². The fourth-order valence-corrected chi connectivity index (χ4v) is 2.32. The second kappa shape index (κ2) is 5.25. The summed E-state index contributed by atoms with van der Waals surface area (Å²) in [6.07, 6.45) is 2.08. The van der Waals surface area contributed by atoms with Crippen molar-refractivity contribution in [3.8, 4) is 5.75 Å². The molecule has 1 aromatic carbocycles. The molecule has 1 fully saturated rings. The van der Waals surface area contributed by atoms with Crippen LogP contribution >= 0.6 is 0 Å². The summed E-state index contributed by atoms with van der Waals surface area (Å²) in [7, 11) is 0. The Kier molecular flexibility index (Phi) is 3.45. The number of ether oxygens (including phenoxy) is 1. The molecule has 3 nitrogen and oxygen atoms in total. The van der Waals surface area contributed by atoms with Gasteiger partial charge in [-0.1, -0.05) is 12.1 Å². The minimum absolute atomic E-state index is 0.399. The molecule has 1 unspecified atom stereocenters. The van der Waals surface area contributed by atoms with Crippen LogP contribution in [0.5, 0.6) is 5.75 Å². The van der Waals surface area contributed by atoms with Crippen LogP contribution in [0.3, 0.4) is 0 Å². The van der Waals surface area contributed by atoms with E-state index in [9.17, 15) is 5.11 Å². The third-order valence-electron chi connectivity index (χ3n) is 3.44. The standard InChI is InChI=1S/C17H19NO2/c1-11-9-14(10-12(2)18-11)17(19)13-3-5-15(6-4-13)20-16-7-8-16/h3-6,9-10,16-17,19H,7-8H2,1-2H3. The van der Waals surface area contributed by atoms with Gasteiger partial charge in [0.25, 0.3) is 0 Å². The van der Waals surface area contributed by atoms with Gasteiger partial charge in [-0.3, -0.25) is 4.98 Å². The van der Waals surface area contributed by atoms with Gasteiger partial charge in [0.1, 0.15) is 11.9 Å². The van der Waals surface area contributed by atoms with Gasteiger partial charge in [0.2, 0.25) is 0 Å². The van der Waals surface area contributed by atoms with Crippen LogP contribution in [0, 0.1) is 13.8 Å². The van der Waals surface area contributed by atoms with Gasteiger partial charge in [0.05, 0.1) is 6.10 Å². The molecule has 2 aromatic rings. The third kappa shape index (κ3) is 2.99. The van der Waals surface area contributed by atoms with E-state index in [2.05, 4.69) is 4.98 Å². The number of hydrogen-bond acceptors (Lipinski definition) is 3. The predicted molar refractivity (Wildman–Crippen MR) is 77.9 cm³/mol. The molecule has 0 aliphatic heterocycles. The molecule has 104 valence electrons. The largest absolute Gasteiger partial charge is 0.490 e. The van der Waals surface area contributed by atoms with Gasteiger partial charge in [-0.05, 0) is 62.1 Å². The average molecular weight is 269 g/mol. The highest BCUT2D eigenvalue weighted by molar-refractivity contribution is 5.35. The molecule has 0 saturated heterocycles. The van der Waals surface area contributed by atoms with Crippen LogP contribution < -0.4 is 4.74 Å². The van der Waals surface area contributed by atoms with Gasteiger partial charge < -0.3 is 9.84 Å². The molecule has 1 heterocycles. The zero-order valence-electron chi connectivity index (χ0n) is 11.8. The van der Waals surface area contributed by atoms with Gasteiger partial charge in [-0.15, -0.1) is 0 Å². The molecule has 0 bridgehead atoms. The summed E-state index contributed by atoms with van der Waals surface area (Å²) in [6.45, 7) is 3.88. The first-order valence-electron chi connectivity index (χ1n) is 7.02. The monoisotopic (exact) mass is 269 g/mol. The van der Waals surface area contributed by atoms with Crippen LogP contribution in [-0.4, -0.2) is 16.2 Å². The fraction of sp³-hybridized carbons (Fsp3) is 0.353. The SMILES string of the molecule is Cc1cc(C(O)c2ccc(OC3CC3)cc2)cc(C)n1. The quantitative estimate of drug-likeness (QED) is 0.925. The lowest BCUT2D eigenvalue weighted by molar-refractivity contribution is 0.219. The van der Waals surface area contributed by atoms with E-state index in [4.69, 9.17) is 4.74 Å². The maximum absolute atomic E-state index is 10.5. The molecule has 3 heteroatoms. The Morgan fingerprint density at radius 1 is 1.05 bits per heavy atom. The van der Waals surface area contributed by atoms with Gasteiger partial charge in [-0.2, -0.15) is 0 Å². The lowest BCUT2D eigenvalue weighted by atomic mass is 10.0. The number of aliphatic hydroxyl groups is 1. The normalized spacial score (nSPS) is 15.9. The van der Waals surface area contributed by atoms with E-state index in [-0.39, 0.29) is 0 Å². The zero-order valence-corrected chi connectivity index (χ0v) is 11.8. The van der Waals surface area contributed by atoms with Crippen molar-refractivity contribution in [2.45, 2.75) is 38.9 Å². The number of benzene rings is 1. The Bertz CT molecular complexity index is 583. The summed E-state index contributed by atoms with van der Waals surface area (Å²) in [5.41, 5.74) is 3.60. The first-order valence-corrected chi connectivity index (χ1v) is 7.02. The van der Waals surface area contributed by atoms with Crippen molar-refractivity contribution in [3.63, 3.8) is 0 Å². The molecule has 0 radical (unpaired) electrons. The maximum Gasteiger partial charge on any atom is 0.119 e. The van der Waals surface area contributed by atoms with Crippen LogP contribution in [0.15, 0.2) is 36.4 Å². The van der Waals surface area contributed by atoms with Crippen molar-refractivity contribution in [1.82, 2.24) is 4.98 Å². The molecule has 1 aliphatic carbocycles. The fourth-order valence-electron chi connectivity index (χ4n) is 2.32. The Labute approximate surface area is 119 Å². The van der Waals surface area contributed by atoms with Crippen molar-refractivity contribution in [1.29, 1.82) is 0 Å². The Balaban J connectivity index is 1.79. The summed E-state index contributed by atoms with van der Waals surface area (Å²) in [4.78, 5) is 4.33.